The van der Waals surface area contributed by atoms with Crippen molar-refractivity contribution in [1.82, 2.24) is 19.9 Å². The van der Waals surface area contributed by atoms with Gasteiger partial charge in [0.1, 0.15) is 17.2 Å². The number of pyridine rings is 1. The van der Waals surface area contributed by atoms with Crippen molar-refractivity contribution in [3.63, 3.8) is 0 Å². The summed E-state index contributed by atoms with van der Waals surface area (Å²) in [4.78, 5) is 39.5. The van der Waals surface area contributed by atoms with Gasteiger partial charge in [-0.2, -0.15) is 0 Å². The van der Waals surface area contributed by atoms with Gasteiger partial charge in [-0.1, -0.05) is 19.9 Å². The summed E-state index contributed by atoms with van der Waals surface area (Å²) in [7, 11) is 0. The van der Waals surface area contributed by atoms with Gasteiger partial charge in [0.05, 0.1) is 49.7 Å². The van der Waals surface area contributed by atoms with E-state index in [2.05, 4.69) is 32.1 Å². The van der Waals surface area contributed by atoms with Crippen molar-refractivity contribution in [1.29, 1.82) is 0 Å². The van der Waals surface area contributed by atoms with Crippen molar-refractivity contribution in [2.75, 3.05) is 50.6 Å². The van der Waals surface area contributed by atoms with Crippen molar-refractivity contribution in [2.24, 2.45) is 22.7 Å². The van der Waals surface area contributed by atoms with Gasteiger partial charge in [0, 0.05) is 36.9 Å². The van der Waals surface area contributed by atoms with Crippen LogP contribution in [0.4, 0.5) is 11.8 Å². The number of rotatable bonds is 8. The van der Waals surface area contributed by atoms with Gasteiger partial charge in [-0.05, 0) is 67.2 Å². The van der Waals surface area contributed by atoms with Crippen LogP contribution in [0.2, 0.25) is 0 Å². The number of aromatic amines is 1. The first-order valence-electron chi connectivity index (χ1n) is 16.5. The number of aliphatic hydroxyl groups is 2. The highest BCUT2D eigenvalue weighted by Crippen LogP contribution is 2.67. The predicted octanol–water partition coefficient (Wildman–Crippen LogP) is 1.71. The van der Waals surface area contributed by atoms with E-state index in [-0.39, 0.29) is 47.2 Å². The van der Waals surface area contributed by atoms with Gasteiger partial charge >= 0.3 is 5.97 Å². The first-order chi connectivity index (χ1) is 22.6. The fourth-order valence-electron chi connectivity index (χ4n) is 9.14. The molecule has 5 heterocycles. The maximum atomic E-state index is 13.6. The predicted molar refractivity (Wildman–Crippen MR) is 173 cm³/mol. The Morgan fingerprint density at radius 3 is 2.70 bits per heavy atom. The number of H-pyrrole nitrogens is 1. The van der Waals surface area contributed by atoms with Crippen LogP contribution in [0.3, 0.4) is 0 Å². The van der Waals surface area contributed by atoms with Gasteiger partial charge in [0.25, 0.3) is 5.56 Å². The molecular weight excluding hydrogens is 604 g/mol. The van der Waals surface area contributed by atoms with Gasteiger partial charge in [0.15, 0.2) is 5.95 Å². The summed E-state index contributed by atoms with van der Waals surface area (Å²) in [6, 6.07) is 5.11. The molecular formula is C34H44N6O7. The molecule has 8 atom stereocenters. The third kappa shape index (κ3) is 5.57. The number of nitrogens with zero attached hydrogens (tertiary/aromatic N) is 3. The largest absolute Gasteiger partial charge is 0.423 e. The SMILES string of the molecule is C[C@]12CC[C@@H](O)[C@@](C)(CO)C1CC(N1CCOCC1)C1(CO1)C2CC(Nc1ccccn1)C1=CC(=Cc2cnc(N)[nH]c2=O)OC1=O. The summed E-state index contributed by atoms with van der Waals surface area (Å²) in [5, 5.41) is 25.7. The average molecular weight is 649 g/mol. The number of anilines is 2. The van der Waals surface area contributed by atoms with Crippen molar-refractivity contribution in [3.05, 3.63) is 63.9 Å². The molecule has 252 valence electrons. The fourth-order valence-corrected chi connectivity index (χ4v) is 9.14. The summed E-state index contributed by atoms with van der Waals surface area (Å²) in [5.41, 5.74) is 4.31. The number of fused-ring (bicyclic) bond motifs is 1. The normalized spacial score (nSPS) is 36.9. The molecule has 2 aromatic heterocycles. The van der Waals surface area contributed by atoms with Gasteiger partial charge in [-0.3, -0.25) is 14.7 Å². The smallest absolute Gasteiger partial charge is 0.341 e. The molecule has 13 nitrogen and oxygen atoms in total. The molecule has 0 radical (unpaired) electrons. The summed E-state index contributed by atoms with van der Waals surface area (Å²) < 4.78 is 18.0. The molecule has 2 aliphatic carbocycles. The molecule has 2 aromatic rings. The van der Waals surface area contributed by atoms with Crippen molar-refractivity contribution >= 4 is 23.8 Å². The summed E-state index contributed by atoms with van der Waals surface area (Å²) >= 11 is 0. The Bertz CT molecular complexity index is 1620. The van der Waals surface area contributed by atoms with Crippen molar-refractivity contribution in [2.45, 2.75) is 63.3 Å². The Balaban J connectivity index is 1.30. The van der Waals surface area contributed by atoms with E-state index in [4.69, 9.17) is 19.9 Å². The van der Waals surface area contributed by atoms with Crippen LogP contribution in [-0.4, -0.2) is 99.3 Å². The molecule has 13 heteroatoms. The lowest BCUT2D eigenvalue weighted by Gasteiger charge is -2.64. The van der Waals surface area contributed by atoms with Gasteiger partial charge in [-0.15, -0.1) is 0 Å². The van der Waals surface area contributed by atoms with E-state index in [1.54, 1.807) is 12.3 Å². The zero-order valence-electron chi connectivity index (χ0n) is 26.9. The van der Waals surface area contributed by atoms with Crippen LogP contribution in [0, 0.1) is 22.7 Å². The highest BCUT2D eigenvalue weighted by atomic mass is 16.6. The minimum Gasteiger partial charge on any atom is -0.423 e. The summed E-state index contributed by atoms with van der Waals surface area (Å²) in [5.74, 6) is 0.255. The molecule has 0 bridgehead atoms. The first kappa shape index (κ1) is 32.0. The van der Waals surface area contributed by atoms with Crippen LogP contribution >= 0.6 is 0 Å². The number of epoxide rings is 1. The molecule has 4 fully saturated rings. The summed E-state index contributed by atoms with van der Waals surface area (Å²) in [6.07, 6.45) is 8.19. The highest BCUT2D eigenvalue weighted by molar-refractivity contribution is 5.95. The number of esters is 1. The van der Waals surface area contributed by atoms with Gasteiger partial charge in [-0.25, -0.2) is 14.8 Å². The molecule has 1 spiro atoms. The molecule has 0 amide bonds. The van der Waals surface area contributed by atoms with Crippen LogP contribution in [0.5, 0.6) is 0 Å². The summed E-state index contributed by atoms with van der Waals surface area (Å²) in [6.45, 7) is 7.63. The number of hydrogen-bond donors (Lipinski definition) is 5. The number of carbonyl (C=O) groups excluding carboxylic acids is 1. The minimum atomic E-state index is -0.697. The third-order valence-corrected chi connectivity index (χ3v) is 11.7. The minimum absolute atomic E-state index is 0.00312. The Morgan fingerprint density at radius 1 is 1.23 bits per heavy atom. The molecule has 47 heavy (non-hydrogen) atoms. The molecule has 2 saturated carbocycles. The second kappa shape index (κ2) is 12.1. The second-order valence-electron chi connectivity index (χ2n) is 14.2. The Labute approximate surface area is 273 Å². The van der Waals surface area contributed by atoms with Crippen molar-refractivity contribution < 1.29 is 29.2 Å². The fraction of sp³-hybridized carbons (Fsp3) is 0.588. The molecule has 3 aliphatic heterocycles. The first-order valence-corrected chi connectivity index (χ1v) is 16.5. The lowest BCUT2D eigenvalue weighted by Crippen LogP contribution is -2.68. The maximum Gasteiger partial charge on any atom is 0.341 e. The third-order valence-electron chi connectivity index (χ3n) is 11.7. The van der Waals surface area contributed by atoms with Crippen LogP contribution in [0.15, 0.2) is 52.8 Å². The van der Waals surface area contributed by atoms with Crippen LogP contribution in [-0.2, 0) is 19.0 Å². The topological polar surface area (TPSA) is 188 Å². The van der Waals surface area contributed by atoms with Crippen LogP contribution in [0.1, 0.15) is 45.1 Å². The zero-order valence-corrected chi connectivity index (χ0v) is 26.9. The molecule has 0 aromatic carbocycles. The number of allylic oxidation sites excluding steroid dienone is 1. The monoisotopic (exact) mass is 648 g/mol. The van der Waals surface area contributed by atoms with E-state index >= 15 is 0 Å². The zero-order chi connectivity index (χ0) is 33.0. The van der Waals surface area contributed by atoms with E-state index in [1.165, 1.54) is 12.3 Å². The van der Waals surface area contributed by atoms with E-state index < -0.39 is 34.7 Å². The number of aromatic nitrogens is 3. The number of cyclic esters (lactones) is 1. The van der Waals surface area contributed by atoms with E-state index in [1.807, 2.05) is 25.1 Å². The number of aliphatic hydroxyl groups excluding tert-OH is 2. The number of carbonyl (C=O) groups is 1. The highest BCUT2D eigenvalue weighted by Gasteiger charge is 2.71. The molecule has 2 saturated heterocycles. The number of nitrogens with one attached hydrogen (secondary N) is 2. The van der Waals surface area contributed by atoms with Gasteiger partial charge < -0.3 is 35.5 Å². The van der Waals surface area contributed by atoms with Crippen LogP contribution < -0.4 is 16.6 Å². The van der Waals surface area contributed by atoms with Crippen LogP contribution in [0.25, 0.3) is 6.08 Å². The number of morpholine rings is 1. The Morgan fingerprint density at radius 2 is 2.02 bits per heavy atom. The average Bonchev–Trinajstić information content (AvgIpc) is 3.77. The Hall–Kier alpha value is -3.62. The van der Waals surface area contributed by atoms with E-state index in [9.17, 15) is 19.8 Å². The quantitative estimate of drug-likeness (QED) is 0.206. The van der Waals surface area contributed by atoms with Gasteiger partial charge in [0.2, 0.25) is 0 Å². The van der Waals surface area contributed by atoms with E-state index in [0.29, 0.717) is 44.1 Å². The maximum absolute atomic E-state index is 13.6. The standard InChI is InChI=1S/C34H44N6O7/c1-32-7-6-27(42)33(2,18-41)24(32)16-26(40-9-11-45-12-10-40)34(19-46-34)25(32)15-23(38-28-5-3-4-8-36-28)22-14-21(47-30(22)44)13-20-17-37-31(35)39-29(20)43/h3-5,8,13-14,17,23-27,41-42H,6-7,9-12,15-16,18-19H2,1-2H3,(H,36,38)(H3,35,37,39,43)/t23?,24?,25?,26?,27-,32+,33+,34?/m1/s1. The number of ether oxygens (including phenoxy) is 3. The van der Waals surface area contributed by atoms with E-state index in [0.717, 1.165) is 25.9 Å². The molecule has 5 unspecified atom stereocenters. The molecule has 7 rings (SSSR count). The second-order valence-corrected chi connectivity index (χ2v) is 14.2. The lowest BCUT2D eigenvalue weighted by molar-refractivity contribution is -0.197. The van der Waals surface area contributed by atoms with Crippen molar-refractivity contribution in [3.8, 4) is 0 Å². The number of hydrogen-bond acceptors (Lipinski definition) is 12. The molecule has 6 N–H and O–H groups in total. The molecule has 5 aliphatic rings. The lowest BCUT2D eigenvalue weighted by atomic mass is 9.43. The number of nitrogen functional groups attached to an aromatic ring is 1. The number of nitrogens with two attached hydrogens (primary N) is 1. The Kier molecular flexibility index (Phi) is 8.24.